The minimum atomic E-state index is -4.74. The minimum Gasteiger partial charge on any atom is -0.490 e. The SMILES string of the molecule is CC(C)Oc1cc2c(cc1C(=O)O)nc(Cc1ccc(OC(F)(F)F)cc1)n2C.CC1(C)CCCCC1. The third kappa shape index (κ3) is 8.13. The van der Waals surface area contributed by atoms with Gasteiger partial charge in [-0.3, -0.25) is 0 Å². The van der Waals surface area contributed by atoms with E-state index in [0.29, 0.717) is 28.7 Å². The molecule has 0 saturated heterocycles. The van der Waals surface area contributed by atoms with Crippen molar-refractivity contribution >= 4 is 17.0 Å². The van der Waals surface area contributed by atoms with Gasteiger partial charge in [0.1, 0.15) is 22.9 Å². The molecule has 37 heavy (non-hydrogen) atoms. The molecule has 9 heteroatoms. The van der Waals surface area contributed by atoms with Gasteiger partial charge in [-0.25, -0.2) is 9.78 Å². The molecule has 6 nitrogen and oxygen atoms in total. The number of alkyl halides is 3. The Hall–Kier alpha value is -3.23. The zero-order valence-electron chi connectivity index (χ0n) is 22.0. The molecule has 0 atom stereocenters. The van der Waals surface area contributed by atoms with Crippen LogP contribution in [-0.4, -0.2) is 33.1 Å². The van der Waals surface area contributed by atoms with Crippen molar-refractivity contribution in [3.8, 4) is 11.5 Å². The first-order valence-electron chi connectivity index (χ1n) is 12.5. The maximum Gasteiger partial charge on any atom is 0.573 e. The van der Waals surface area contributed by atoms with Crippen molar-refractivity contribution in [2.75, 3.05) is 0 Å². The van der Waals surface area contributed by atoms with Crippen molar-refractivity contribution in [3.05, 3.63) is 53.3 Å². The molecule has 4 rings (SSSR count). The van der Waals surface area contributed by atoms with Crippen LogP contribution < -0.4 is 9.47 Å². The van der Waals surface area contributed by atoms with Crippen LogP contribution in [0.2, 0.25) is 0 Å². The molecule has 0 unspecified atom stereocenters. The zero-order valence-corrected chi connectivity index (χ0v) is 22.0. The predicted molar refractivity (Wildman–Crippen MR) is 136 cm³/mol. The van der Waals surface area contributed by atoms with Gasteiger partial charge in [0.25, 0.3) is 0 Å². The Kier molecular flexibility index (Phi) is 8.76. The molecule has 0 radical (unpaired) electrons. The number of carbonyl (C=O) groups is 1. The van der Waals surface area contributed by atoms with Crippen molar-refractivity contribution in [3.63, 3.8) is 0 Å². The smallest absolute Gasteiger partial charge is 0.490 e. The number of fused-ring (bicyclic) bond motifs is 1. The highest BCUT2D eigenvalue weighted by Gasteiger charge is 2.31. The van der Waals surface area contributed by atoms with Crippen LogP contribution in [0, 0.1) is 5.41 Å². The summed E-state index contributed by atoms with van der Waals surface area (Å²) in [5.74, 6) is -0.534. The number of nitrogens with zero attached hydrogens (tertiary/aromatic N) is 2. The van der Waals surface area contributed by atoms with E-state index < -0.39 is 12.3 Å². The molecule has 1 aliphatic rings. The normalized spacial score (nSPS) is 15.3. The van der Waals surface area contributed by atoms with Crippen LogP contribution in [0.4, 0.5) is 13.2 Å². The second-order valence-corrected chi connectivity index (χ2v) is 10.5. The Balaban J connectivity index is 0.000000405. The molecular weight excluding hydrogens is 485 g/mol. The van der Waals surface area contributed by atoms with Crippen LogP contribution in [0.5, 0.6) is 11.5 Å². The summed E-state index contributed by atoms with van der Waals surface area (Å²) in [4.78, 5) is 16.0. The molecule has 202 valence electrons. The number of rotatable bonds is 6. The van der Waals surface area contributed by atoms with Gasteiger partial charge in [0.05, 0.1) is 17.1 Å². The Morgan fingerprint density at radius 2 is 1.73 bits per heavy atom. The number of carboxylic acids is 1. The summed E-state index contributed by atoms with van der Waals surface area (Å²) in [6, 6.07) is 8.62. The molecule has 0 spiro atoms. The summed E-state index contributed by atoms with van der Waals surface area (Å²) in [6.07, 6.45) is 2.72. The van der Waals surface area contributed by atoms with Crippen LogP contribution in [0.3, 0.4) is 0 Å². The zero-order chi connectivity index (χ0) is 27.4. The third-order valence-corrected chi connectivity index (χ3v) is 6.39. The van der Waals surface area contributed by atoms with E-state index in [2.05, 4.69) is 23.6 Å². The van der Waals surface area contributed by atoms with Gasteiger partial charge in [0, 0.05) is 19.5 Å². The van der Waals surface area contributed by atoms with E-state index >= 15 is 0 Å². The highest BCUT2D eigenvalue weighted by atomic mass is 19.4. The van der Waals surface area contributed by atoms with Crippen LogP contribution in [0.1, 0.15) is 81.5 Å². The van der Waals surface area contributed by atoms with Crippen molar-refractivity contribution in [2.24, 2.45) is 12.5 Å². The molecule has 2 aromatic carbocycles. The Bertz CT molecular complexity index is 1210. The molecule has 1 aliphatic carbocycles. The van der Waals surface area contributed by atoms with E-state index in [9.17, 15) is 23.1 Å². The summed E-state index contributed by atoms with van der Waals surface area (Å²) in [7, 11) is 1.78. The average molecular weight is 521 g/mol. The fourth-order valence-electron chi connectivity index (χ4n) is 4.45. The molecular formula is C28H35F3N2O4. The number of hydrogen-bond donors (Lipinski definition) is 1. The number of hydrogen-bond acceptors (Lipinski definition) is 4. The molecule has 1 saturated carbocycles. The highest BCUT2D eigenvalue weighted by molar-refractivity contribution is 5.96. The number of imidazole rings is 1. The number of aryl methyl sites for hydroxylation is 1. The molecule has 3 aromatic rings. The number of ether oxygens (including phenoxy) is 2. The second kappa shape index (κ2) is 11.4. The third-order valence-electron chi connectivity index (χ3n) is 6.39. The van der Waals surface area contributed by atoms with Gasteiger partial charge in [-0.15, -0.1) is 13.2 Å². The van der Waals surface area contributed by atoms with Crippen molar-refractivity contribution in [1.82, 2.24) is 9.55 Å². The highest BCUT2D eigenvalue weighted by Crippen LogP contribution is 2.34. The molecule has 0 aliphatic heterocycles. The Morgan fingerprint density at radius 1 is 1.11 bits per heavy atom. The lowest BCUT2D eigenvalue weighted by atomic mass is 9.78. The average Bonchev–Trinajstić information content (AvgIpc) is 3.08. The topological polar surface area (TPSA) is 73.6 Å². The molecule has 1 heterocycles. The van der Waals surface area contributed by atoms with E-state index in [1.807, 2.05) is 0 Å². The first-order valence-corrected chi connectivity index (χ1v) is 12.5. The minimum absolute atomic E-state index is 0.0181. The number of aromatic carboxylic acids is 1. The van der Waals surface area contributed by atoms with E-state index in [-0.39, 0.29) is 23.2 Å². The monoisotopic (exact) mass is 520 g/mol. The lowest BCUT2D eigenvalue weighted by molar-refractivity contribution is -0.274. The van der Waals surface area contributed by atoms with Crippen LogP contribution in [-0.2, 0) is 13.5 Å². The molecule has 1 fully saturated rings. The number of halogens is 3. The van der Waals surface area contributed by atoms with Crippen LogP contribution in [0.15, 0.2) is 36.4 Å². The largest absolute Gasteiger partial charge is 0.573 e. The van der Waals surface area contributed by atoms with Crippen LogP contribution >= 0.6 is 0 Å². The first-order chi connectivity index (χ1) is 17.2. The quantitative estimate of drug-likeness (QED) is 0.364. The predicted octanol–water partition coefficient (Wildman–Crippen LogP) is 7.52. The van der Waals surface area contributed by atoms with Crippen molar-refractivity contribution in [1.29, 1.82) is 0 Å². The van der Waals surface area contributed by atoms with Gasteiger partial charge >= 0.3 is 12.3 Å². The molecule has 1 N–H and O–H groups in total. The fourth-order valence-corrected chi connectivity index (χ4v) is 4.45. The van der Waals surface area contributed by atoms with Gasteiger partial charge < -0.3 is 19.1 Å². The van der Waals surface area contributed by atoms with Crippen LogP contribution in [0.25, 0.3) is 11.0 Å². The Morgan fingerprint density at radius 3 is 2.22 bits per heavy atom. The summed E-state index contributed by atoms with van der Waals surface area (Å²) in [5, 5.41) is 9.45. The van der Waals surface area contributed by atoms with Crippen molar-refractivity contribution < 1.29 is 32.5 Å². The number of carboxylic acid groups (broad SMARTS) is 1. The summed E-state index contributed by atoms with van der Waals surface area (Å²) >= 11 is 0. The van der Waals surface area contributed by atoms with Gasteiger partial charge in [-0.05, 0) is 55.9 Å². The summed E-state index contributed by atoms with van der Waals surface area (Å²) in [5.41, 5.74) is 2.61. The summed E-state index contributed by atoms with van der Waals surface area (Å²) < 4.78 is 48.1. The van der Waals surface area contributed by atoms with Gasteiger partial charge in [0.2, 0.25) is 0 Å². The molecule has 1 aromatic heterocycles. The second-order valence-electron chi connectivity index (χ2n) is 10.5. The fraction of sp³-hybridized carbons (Fsp3) is 0.500. The standard InChI is InChI=1S/C20H19F3N2O4.C8H16/c1-11(2)28-17-10-16-15(9-14(17)19(26)27)24-18(25(16)3)8-12-4-6-13(7-5-12)29-20(21,22)23;1-8(2)6-4-3-5-7-8/h4-7,9-11H,8H2,1-3H3,(H,26,27);3-7H2,1-2H3. The lowest BCUT2D eigenvalue weighted by Crippen LogP contribution is -2.17. The van der Waals surface area contributed by atoms with Gasteiger partial charge in [0.15, 0.2) is 0 Å². The maximum absolute atomic E-state index is 12.3. The van der Waals surface area contributed by atoms with E-state index in [0.717, 1.165) is 5.56 Å². The summed E-state index contributed by atoms with van der Waals surface area (Å²) in [6.45, 7) is 8.37. The Labute approximate surface area is 215 Å². The van der Waals surface area contributed by atoms with E-state index in [4.69, 9.17) is 4.74 Å². The molecule has 0 bridgehead atoms. The van der Waals surface area contributed by atoms with Crippen molar-refractivity contribution in [2.45, 2.75) is 78.7 Å². The van der Waals surface area contributed by atoms with E-state index in [1.165, 1.54) is 62.4 Å². The number of benzene rings is 2. The lowest BCUT2D eigenvalue weighted by Gasteiger charge is -2.28. The van der Waals surface area contributed by atoms with Gasteiger partial charge in [-0.2, -0.15) is 0 Å². The maximum atomic E-state index is 12.3. The van der Waals surface area contributed by atoms with Gasteiger partial charge in [-0.1, -0.05) is 45.2 Å². The molecule has 0 amide bonds. The number of aromatic nitrogens is 2. The first kappa shape index (κ1) is 28.3. The van der Waals surface area contributed by atoms with E-state index in [1.54, 1.807) is 31.5 Å².